The average molecular weight is 346 g/mol. The van der Waals surface area contributed by atoms with Crippen LogP contribution in [0.3, 0.4) is 0 Å². The smallest absolute Gasteiger partial charge is 0.162 e. The molecule has 1 aliphatic carbocycles. The van der Waals surface area contributed by atoms with E-state index in [0.717, 1.165) is 33.9 Å². The molecule has 1 fully saturated rings. The fourth-order valence-electron chi connectivity index (χ4n) is 2.99. The number of hydrogen-bond donors (Lipinski definition) is 0. The van der Waals surface area contributed by atoms with E-state index in [1.165, 1.54) is 25.7 Å². The van der Waals surface area contributed by atoms with Crippen molar-refractivity contribution in [2.45, 2.75) is 37.5 Å². The van der Waals surface area contributed by atoms with Crippen LogP contribution in [-0.2, 0) is 0 Å². The second-order valence-corrected chi connectivity index (χ2v) is 6.75. The fourth-order valence-corrected chi connectivity index (χ4v) is 4.15. The number of ether oxygens (including phenoxy) is 2. The molecule has 4 heteroatoms. The van der Waals surface area contributed by atoms with E-state index in [4.69, 9.17) is 21.1 Å². The van der Waals surface area contributed by atoms with Crippen LogP contribution in [0.25, 0.3) is 0 Å². The third-order valence-electron chi connectivity index (χ3n) is 4.01. The van der Waals surface area contributed by atoms with Gasteiger partial charge in [-0.3, -0.25) is 0 Å². The zero-order chi connectivity index (χ0) is 13.2. The number of halogens is 2. The predicted molar refractivity (Wildman–Crippen MR) is 80.3 cm³/mol. The van der Waals surface area contributed by atoms with Gasteiger partial charge in [-0.25, -0.2) is 0 Å². The Kier molecular flexibility index (Phi) is 4.23. The second-order valence-electron chi connectivity index (χ2n) is 5.37. The topological polar surface area (TPSA) is 18.5 Å². The molecule has 0 N–H and O–H groups in total. The summed E-state index contributed by atoms with van der Waals surface area (Å²) in [5.41, 5.74) is 1.12. The third kappa shape index (κ3) is 3.03. The first kappa shape index (κ1) is 13.6. The van der Waals surface area contributed by atoms with Crippen molar-refractivity contribution in [3.05, 3.63) is 22.2 Å². The van der Waals surface area contributed by atoms with Gasteiger partial charge < -0.3 is 9.47 Å². The Labute approximate surface area is 127 Å². The standard InChI is InChI=1S/C15H18BrClO2/c16-12-9-15-14(18-5-6-19-15)8-11(12)13(17)7-10-3-1-2-4-10/h8-10,13H,1-7H2. The zero-order valence-corrected chi connectivity index (χ0v) is 13.2. The predicted octanol–water partition coefficient (Wildman–Crippen LogP) is 5.08. The highest BCUT2D eigenvalue weighted by atomic mass is 79.9. The van der Waals surface area contributed by atoms with Gasteiger partial charge in [0, 0.05) is 4.47 Å². The van der Waals surface area contributed by atoms with Crippen LogP contribution in [0.1, 0.15) is 43.0 Å². The highest BCUT2D eigenvalue weighted by molar-refractivity contribution is 9.10. The minimum absolute atomic E-state index is 0.0494. The van der Waals surface area contributed by atoms with Gasteiger partial charge in [0.2, 0.25) is 0 Å². The van der Waals surface area contributed by atoms with Gasteiger partial charge in [0.05, 0.1) is 5.38 Å². The summed E-state index contributed by atoms with van der Waals surface area (Å²) in [6, 6.07) is 4.01. The first-order chi connectivity index (χ1) is 9.24. The van der Waals surface area contributed by atoms with Crippen molar-refractivity contribution in [1.82, 2.24) is 0 Å². The van der Waals surface area contributed by atoms with Crippen LogP contribution in [0.4, 0.5) is 0 Å². The summed E-state index contributed by atoms with van der Waals surface area (Å²) in [6.07, 6.45) is 6.42. The molecule has 0 radical (unpaired) electrons. The Morgan fingerprint density at radius 2 is 1.79 bits per heavy atom. The van der Waals surface area contributed by atoms with Crippen molar-refractivity contribution in [2.24, 2.45) is 5.92 Å². The van der Waals surface area contributed by atoms with Gasteiger partial charge in [0.1, 0.15) is 13.2 Å². The molecule has 1 saturated carbocycles. The molecule has 0 amide bonds. The maximum absolute atomic E-state index is 6.61. The minimum atomic E-state index is 0.0494. The van der Waals surface area contributed by atoms with Crippen molar-refractivity contribution >= 4 is 27.5 Å². The van der Waals surface area contributed by atoms with Crippen molar-refractivity contribution in [2.75, 3.05) is 13.2 Å². The van der Waals surface area contributed by atoms with E-state index in [-0.39, 0.29) is 5.38 Å². The molecule has 104 valence electrons. The van der Waals surface area contributed by atoms with Crippen LogP contribution >= 0.6 is 27.5 Å². The number of benzene rings is 1. The van der Waals surface area contributed by atoms with Crippen molar-refractivity contribution in [3.63, 3.8) is 0 Å². The monoisotopic (exact) mass is 344 g/mol. The summed E-state index contributed by atoms with van der Waals surface area (Å²) in [6.45, 7) is 1.23. The van der Waals surface area contributed by atoms with Crippen LogP contribution < -0.4 is 9.47 Å². The molecule has 1 atom stereocenters. The largest absolute Gasteiger partial charge is 0.486 e. The van der Waals surface area contributed by atoms with Crippen LogP contribution in [0.15, 0.2) is 16.6 Å². The van der Waals surface area contributed by atoms with Gasteiger partial charge in [-0.05, 0) is 30.0 Å². The molecule has 0 spiro atoms. The maximum atomic E-state index is 6.61. The molecule has 1 aromatic rings. The summed E-state index contributed by atoms with van der Waals surface area (Å²) >= 11 is 10.2. The first-order valence-corrected chi connectivity index (χ1v) is 8.20. The molecule has 0 bridgehead atoms. The van der Waals surface area contributed by atoms with Gasteiger partial charge in [-0.1, -0.05) is 41.6 Å². The lowest BCUT2D eigenvalue weighted by atomic mass is 9.97. The summed E-state index contributed by atoms with van der Waals surface area (Å²) in [5.74, 6) is 2.41. The zero-order valence-electron chi connectivity index (χ0n) is 10.8. The molecule has 1 heterocycles. The van der Waals surface area contributed by atoms with Crippen molar-refractivity contribution in [3.8, 4) is 11.5 Å². The number of alkyl halides is 1. The summed E-state index contributed by atoms with van der Waals surface area (Å²) in [4.78, 5) is 0. The maximum Gasteiger partial charge on any atom is 0.162 e. The van der Waals surface area contributed by atoms with Crippen molar-refractivity contribution in [1.29, 1.82) is 0 Å². The Morgan fingerprint density at radius 1 is 1.16 bits per heavy atom. The van der Waals surface area contributed by atoms with E-state index in [9.17, 15) is 0 Å². The quantitative estimate of drug-likeness (QED) is 0.711. The molecule has 0 saturated heterocycles. The summed E-state index contributed by atoms with van der Waals surface area (Å²) in [5, 5.41) is 0.0494. The Morgan fingerprint density at radius 3 is 2.47 bits per heavy atom. The van der Waals surface area contributed by atoms with Gasteiger partial charge >= 0.3 is 0 Å². The molecule has 3 rings (SSSR count). The van der Waals surface area contributed by atoms with Crippen LogP contribution in [0, 0.1) is 5.92 Å². The molecule has 2 aliphatic rings. The van der Waals surface area contributed by atoms with E-state index in [2.05, 4.69) is 15.9 Å². The fraction of sp³-hybridized carbons (Fsp3) is 0.600. The second kappa shape index (κ2) is 5.92. The summed E-state index contributed by atoms with van der Waals surface area (Å²) < 4.78 is 12.2. The number of rotatable bonds is 3. The first-order valence-electron chi connectivity index (χ1n) is 6.97. The molecule has 1 aromatic carbocycles. The van der Waals surface area contributed by atoms with Crippen molar-refractivity contribution < 1.29 is 9.47 Å². The molecule has 0 aromatic heterocycles. The highest BCUT2D eigenvalue weighted by Gasteiger charge is 2.23. The molecule has 1 aliphatic heterocycles. The van der Waals surface area contributed by atoms with Crippen LogP contribution in [0.5, 0.6) is 11.5 Å². The molecule has 2 nitrogen and oxygen atoms in total. The van der Waals surface area contributed by atoms with Crippen LogP contribution in [-0.4, -0.2) is 13.2 Å². The number of fused-ring (bicyclic) bond motifs is 1. The Hall–Kier alpha value is -0.410. The normalized spacial score (nSPS) is 20.5. The SMILES string of the molecule is ClC(CC1CCCC1)c1cc2c(cc1Br)OCCO2. The van der Waals surface area contributed by atoms with E-state index < -0.39 is 0 Å². The van der Waals surface area contributed by atoms with Crippen LogP contribution in [0.2, 0.25) is 0 Å². The minimum Gasteiger partial charge on any atom is -0.486 e. The lowest BCUT2D eigenvalue weighted by Gasteiger charge is -2.22. The molecule has 19 heavy (non-hydrogen) atoms. The summed E-state index contributed by atoms with van der Waals surface area (Å²) in [7, 11) is 0. The van der Waals surface area contributed by atoms with E-state index in [1.807, 2.05) is 12.1 Å². The van der Waals surface area contributed by atoms with Gasteiger partial charge in [-0.2, -0.15) is 0 Å². The average Bonchev–Trinajstić information content (AvgIpc) is 2.90. The van der Waals surface area contributed by atoms with E-state index in [1.54, 1.807) is 0 Å². The number of hydrogen-bond acceptors (Lipinski definition) is 2. The molecular weight excluding hydrogens is 328 g/mol. The van der Waals surface area contributed by atoms with Gasteiger partial charge in [-0.15, -0.1) is 11.6 Å². The molecular formula is C15H18BrClO2. The van der Waals surface area contributed by atoms with Gasteiger partial charge in [0.15, 0.2) is 11.5 Å². The lowest BCUT2D eigenvalue weighted by molar-refractivity contribution is 0.171. The van der Waals surface area contributed by atoms with Gasteiger partial charge in [0.25, 0.3) is 0 Å². The molecule has 1 unspecified atom stereocenters. The lowest BCUT2D eigenvalue weighted by Crippen LogP contribution is -2.15. The van der Waals surface area contributed by atoms with E-state index in [0.29, 0.717) is 13.2 Å². The third-order valence-corrected chi connectivity index (χ3v) is 5.11. The Bertz CT molecular complexity index is 458. The highest BCUT2D eigenvalue weighted by Crippen LogP contribution is 2.43. The van der Waals surface area contributed by atoms with E-state index >= 15 is 0 Å². The Balaban J connectivity index is 1.78.